The average molecular weight is 180 g/mol. The number of hydrogen-bond donors (Lipinski definition) is 1. The number of rotatable bonds is 3. The van der Waals surface area contributed by atoms with Crippen molar-refractivity contribution in [2.75, 3.05) is 0 Å². The summed E-state index contributed by atoms with van der Waals surface area (Å²) in [5.41, 5.74) is 0. The standard InChI is InChI=1S/C9H12N2O2/c1-3-4-8(12)10-6-9-11-5-7(2)13-9/h3-5H,6H2,1-2H3,(H,10,12)/b4-3+. The summed E-state index contributed by atoms with van der Waals surface area (Å²) in [5, 5.41) is 2.63. The highest BCUT2D eigenvalue weighted by Crippen LogP contribution is 2.00. The lowest BCUT2D eigenvalue weighted by molar-refractivity contribution is -0.116. The molecule has 0 atom stereocenters. The SMILES string of the molecule is C/C=C/C(=O)NCc1ncc(C)o1. The minimum absolute atomic E-state index is 0.140. The fourth-order valence-electron chi connectivity index (χ4n) is 0.856. The molecule has 0 spiro atoms. The molecule has 1 rings (SSSR count). The van der Waals surface area contributed by atoms with Crippen LogP contribution in [0.1, 0.15) is 18.6 Å². The average Bonchev–Trinajstić information content (AvgIpc) is 2.49. The zero-order valence-electron chi connectivity index (χ0n) is 7.70. The van der Waals surface area contributed by atoms with Crippen LogP contribution >= 0.6 is 0 Å². The van der Waals surface area contributed by atoms with E-state index < -0.39 is 0 Å². The van der Waals surface area contributed by atoms with Crippen LogP contribution in [-0.2, 0) is 11.3 Å². The van der Waals surface area contributed by atoms with Crippen LogP contribution < -0.4 is 5.32 Å². The van der Waals surface area contributed by atoms with Crippen molar-refractivity contribution in [2.45, 2.75) is 20.4 Å². The number of aromatic nitrogens is 1. The number of nitrogens with one attached hydrogen (secondary N) is 1. The minimum Gasteiger partial charge on any atom is -0.444 e. The molecule has 0 radical (unpaired) electrons. The van der Waals surface area contributed by atoms with Gasteiger partial charge in [0.15, 0.2) is 0 Å². The molecule has 1 heterocycles. The summed E-state index contributed by atoms with van der Waals surface area (Å²) in [5.74, 6) is 1.13. The monoisotopic (exact) mass is 180 g/mol. The topological polar surface area (TPSA) is 55.1 Å². The maximum Gasteiger partial charge on any atom is 0.244 e. The second-order valence-corrected chi connectivity index (χ2v) is 2.58. The number of allylic oxidation sites excluding steroid dienone is 1. The van der Waals surface area contributed by atoms with E-state index >= 15 is 0 Å². The highest BCUT2D eigenvalue weighted by molar-refractivity contribution is 5.87. The third-order valence-electron chi connectivity index (χ3n) is 1.40. The Morgan fingerprint density at radius 1 is 1.77 bits per heavy atom. The van der Waals surface area contributed by atoms with Crippen molar-refractivity contribution in [1.29, 1.82) is 0 Å². The normalized spacial score (nSPS) is 10.6. The van der Waals surface area contributed by atoms with E-state index in [1.165, 1.54) is 6.08 Å². The van der Waals surface area contributed by atoms with Crippen LogP contribution in [0.15, 0.2) is 22.8 Å². The Kier molecular flexibility index (Phi) is 3.25. The third kappa shape index (κ3) is 3.11. The van der Waals surface area contributed by atoms with Crippen LogP contribution in [0.4, 0.5) is 0 Å². The molecule has 0 aromatic carbocycles. The van der Waals surface area contributed by atoms with Gasteiger partial charge < -0.3 is 9.73 Å². The van der Waals surface area contributed by atoms with Crippen molar-refractivity contribution in [3.05, 3.63) is 30.0 Å². The molecule has 1 amide bonds. The first-order chi connectivity index (χ1) is 6.22. The van der Waals surface area contributed by atoms with E-state index in [0.29, 0.717) is 12.4 Å². The Bertz CT molecular complexity index is 315. The molecule has 70 valence electrons. The lowest BCUT2D eigenvalue weighted by atomic mass is 10.5. The quantitative estimate of drug-likeness (QED) is 0.710. The van der Waals surface area contributed by atoms with Crippen LogP contribution in [0.2, 0.25) is 0 Å². The molecule has 13 heavy (non-hydrogen) atoms. The number of aryl methyl sites for hydroxylation is 1. The fourth-order valence-corrected chi connectivity index (χ4v) is 0.856. The summed E-state index contributed by atoms with van der Waals surface area (Å²) >= 11 is 0. The molecule has 1 aromatic rings. The molecule has 0 unspecified atom stereocenters. The minimum atomic E-state index is -0.140. The van der Waals surface area contributed by atoms with E-state index in [-0.39, 0.29) is 5.91 Å². The van der Waals surface area contributed by atoms with Gasteiger partial charge in [-0.15, -0.1) is 0 Å². The van der Waals surface area contributed by atoms with Crippen LogP contribution in [-0.4, -0.2) is 10.9 Å². The first-order valence-electron chi connectivity index (χ1n) is 4.04. The Balaban J connectivity index is 2.39. The third-order valence-corrected chi connectivity index (χ3v) is 1.40. The molecule has 4 nitrogen and oxygen atoms in total. The van der Waals surface area contributed by atoms with Crippen molar-refractivity contribution >= 4 is 5.91 Å². The van der Waals surface area contributed by atoms with E-state index in [2.05, 4.69) is 10.3 Å². The molecule has 1 N–H and O–H groups in total. The van der Waals surface area contributed by atoms with Crippen molar-refractivity contribution in [3.63, 3.8) is 0 Å². The summed E-state index contributed by atoms with van der Waals surface area (Å²) in [6, 6.07) is 0. The maximum absolute atomic E-state index is 11.0. The largest absolute Gasteiger partial charge is 0.444 e. The molecule has 0 aliphatic rings. The number of carbonyl (C=O) groups is 1. The van der Waals surface area contributed by atoms with E-state index in [1.807, 2.05) is 6.92 Å². The summed E-state index contributed by atoms with van der Waals surface area (Å²) in [4.78, 5) is 14.9. The van der Waals surface area contributed by atoms with Gasteiger partial charge in [-0.2, -0.15) is 0 Å². The molecule has 0 aliphatic heterocycles. The molecule has 1 aromatic heterocycles. The van der Waals surface area contributed by atoms with Gasteiger partial charge in [0.25, 0.3) is 0 Å². The van der Waals surface area contributed by atoms with Gasteiger partial charge in [-0.25, -0.2) is 4.98 Å². The molecule has 4 heteroatoms. The highest BCUT2D eigenvalue weighted by Gasteiger charge is 2.00. The molecule has 0 saturated carbocycles. The molecular formula is C9H12N2O2. The van der Waals surface area contributed by atoms with Gasteiger partial charge in [-0.05, 0) is 19.9 Å². The molecule has 0 bridgehead atoms. The zero-order chi connectivity index (χ0) is 9.68. The van der Waals surface area contributed by atoms with E-state index in [1.54, 1.807) is 19.2 Å². The second kappa shape index (κ2) is 4.45. The second-order valence-electron chi connectivity index (χ2n) is 2.58. The van der Waals surface area contributed by atoms with E-state index in [9.17, 15) is 4.79 Å². The van der Waals surface area contributed by atoms with Gasteiger partial charge in [0.2, 0.25) is 11.8 Å². The van der Waals surface area contributed by atoms with Crippen LogP contribution in [0, 0.1) is 6.92 Å². The molecule has 0 fully saturated rings. The predicted octanol–water partition coefficient (Wildman–Crippen LogP) is 1.18. The first-order valence-corrected chi connectivity index (χ1v) is 4.04. The van der Waals surface area contributed by atoms with Crippen molar-refractivity contribution in [1.82, 2.24) is 10.3 Å². The van der Waals surface area contributed by atoms with Gasteiger partial charge in [0.05, 0.1) is 12.7 Å². The fraction of sp³-hybridized carbons (Fsp3) is 0.333. The Labute approximate surface area is 76.7 Å². The summed E-state index contributed by atoms with van der Waals surface area (Å²) in [6.07, 6.45) is 4.75. The number of oxazole rings is 1. The van der Waals surface area contributed by atoms with Gasteiger partial charge in [-0.3, -0.25) is 4.79 Å². The number of hydrogen-bond acceptors (Lipinski definition) is 3. The summed E-state index contributed by atoms with van der Waals surface area (Å²) in [7, 11) is 0. The van der Waals surface area contributed by atoms with Gasteiger partial charge >= 0.3 is 0 Å². The molecular weight excluding hydrogens is 168 g/mol. The number of amides is 1. The van der Waals surface area contributed by atoms with E-state index in [4.69, 9.17) is 4.42 Å². The summed E-state index contributed by atoms with van der Waals surface area (Å²) in [6.45, 7) is 3.93. The zero-order valence-corrected chi connectivity index (χ0v) is 7.70. The van der Waals surface area contributed by atoms with Crippen molar-refractivity contribution in [3.8, 4) is 0 Å². The predicted molar refractivity (Wildman–Crippen MR) is 47.9 cm³/mol. The van der Waals surface area contributed by atoms with Crippen molar-refractivity contribution < 1.29 is 9.21 Å². The highest BCUT2D eigenvalue weighted by atomic mass is 16.4. The van der Waals surface area contributed by atoms with Crippen LogP contribution in [0.5, 0.6) is 0 Å². The Hall–Kier alpha value is -1.58. The first kappa shape index (κ1) is 9.51. The van der Waals surface area contributed by atoms with Crippen LogP contribution in [0.25, 0.3) is 0 Å². The van der Waals surface area contributed by atoms with Gasteiger partial charge in [-0.1, -0.05) is 6.08 Å². The number of carbonyl (C=O) groups excluding carboxylic acids is 1. The molecule has 0 aliphatic carbocycles. The Morgan fingerprint density at radius 2 is 2.54 bits per heavy atom. The summed E-state index contributed by atoms with van der Waals surface area (Å²) < 4.78 is 5.16. The molecule has 0 saturated heterocycles. The lowest BCUT2D eigenvalue weighted by Crippen LogP contribution is -2.20. The van der Waals surface area contributed by atoms with Crippen molar-refractivity contribution in [2.24, 2.45) is 0 Å². The van der Waals surface area contributed by atoms with Crippen LogP contribution in [0.3, 0.4) is 0 Å². The van der Waals surface area contributed by atoms with Gasteiger partial charge in [0.1, 0.15) is 5.76 Å². The van der Waals surface area contributed by atoms with Gasteiger partial charge in [0, 0.05) is 0 Å². The maximum atomic E-state index is 11.0. The Morgan fingerprint density at radius 3 is 3.08 bits per heavy atom. The lowest BCUT2D eigenvalue weighted by Gasteiger charge is -1.96. The van der Waals surface area contributed by atoms with E-state index in [0.717, 1.165) is 5.76 Å². The number of nitrogens with zero attached hydrogens (tertiary/aromatic N) is 1. The smallest absolute Gasteiger partial charge is 0.244 e.